The maximum Gasteiger partial charge on any atom is 0.324 e. The molecule has 43 heavy (non-hydrogen) atoms. The number of carbonyl (C=O) groups excluding carboxylic acids is 1. The molecule has 0 unspecified atom stereocenters. The van der Waals surface area contributed by atoms with Crippen LogP contribution in [0.5, 0.6) is 0 Å². The van der Waals surface area contributed by atoms with Gasteiger partial charge in [-0.25, -0.2) is 16.8 Å². The Morgan fingerprint density at radius 2 is 1.44 bits per heavy atom. The molecule has 0 spiro atoms. The van der Waals surface area contributed by atoms with Crippen molar-refractivity contribution in [2.24, 2.45) is 0 Å². The lowest BCUT2D eigenvalue weighted by Gasteiger charge is -2.21. The van der Waals surface area contributed by atoms with Crippen LogP contribution >= 0.6 is 0 Å². The number of hydrogen-bond acceptors (Lipinski definition) is 7. The van der Waals surface area contributed by atoms with Gasteiger partial charge >= 0.3 is 5.97 Å². The summed E-state index contributed by atoms with van der Waals surface area (Å²) >= 11 is 0. The lowest BCUT2D eigenvalue weighted by Crippen LogP contribution is -2.34. The molecule has 0 aromatic heterocycles. The summed E-state index contributed by atoms with van der Waals surface area (Å²) in [4.78, 5) is 24.7. The van der Waals surface area contributed by atoms with Crippen molar-refractivity contribution < 1.29 is 31.5 Å². The van der Waals surface area contributed by atoms with Crippen LogP contribution in [0.1, 0.15) is 11.1 Å². The van der Waals surface area contributed by atoms with Crippen LogP contribution in [-0.2, 0) is 29.6 Å². The molecular weight excluding hydrogens is 592 g/mol. The Kier molecular flexibility index (Phi) is 7.93. The monoisotopic (exact) mass is 618 g/mol. The van der Waals surface area contributed by atoms with Gasteiger partial charge in [-0.1, -0.05) is 48.5 Å². The van der Waals surface area contributed by atoms with E-state index in [0.717, 1.165) is 10.6 Å². The smallest absolute Gasteiger partial charge is 0.324 e. The van der Waals surface area contributed by atoms with Crippen molar-refractivity contribution in [2.45, 2.75) is 4.90 Å². The lowest BCUT2D eigenvalue weighted by molar-refractivity contribution is -0.135. The third kappa shape index (κ3) is 6.52. The summed E-state index contributed by atoms with van der Waals surface area (Å²) < 4.78 is 53.6. The number of carboxylic acid groups (broad SMARTS) is 1. The van der Waals surface area contributed by atoms with Gasteiger partial charge in [0, 0.05) is 22.6 Å². The Bertz CT molecular complexity index is 1940. The number of carbonyl (C=O) groups is 2. The molecule has 1 heterocycles. The van der Waals surface area contributed by atoms with E-state index in [0.29, 0.717) is 28.2 Å². The first-order chi connectivity index (χ1) is 20.4. The van der Waals surface area contributed by atoms with Crippen molar-refractivity contribution in [3.05, 3.63) is 114 Å². The van der Waals surface area contributed by atoms with Crippen molar-refractivity contribution in [1.82, 2.24) is 0 Å². The standard InChI is InChI=1S/C30H26N4O7S2/c1-42(38,39)34(19-27(35)36)23-15-12-21(13-16-23)31-29(20-8-4-2-5-9-20)28-25-18-22(14-17-26(25)32-30(28)37)33-43(40,41)24-10-6-3-7-11-24/h2-18,31,33H,19H2,1H3,(H,32,37)(H,35,36). The molecule has 4 N–H and O–H groups in total. The van der Waals surface area contributed by atoms with Crippen LogP contribution in [0.15, 0.2) is 108 Å². The van der Waals surface area contributed by atoms with Crippen LogP contribution in [0, 0.1) is 0 Å². The molecule has 4 aromatic carbocycles. The van der Waals surface area contributed by atoms with Gasteiger partial charge in [0.2, 0.25) is 10.0 Å². The third-order valence-electron chi connectivity index (χ3n) is 6.49. The van der Waals surface area contributed by atoms with Crippen LogP contribution in [-0.4, -0.2) is 46.6 Å². The maximum atomic E-state index is 13.3. The highest BCUT2D eigenvalue weighted by Gasteiger charge is 2.29. The van der Waals surface area contributed by atoms with Gasteiger partial charge in [0.15, 0.2) is 0 Å². The van der Waals surface area contributed by atoms with Gasteiger partial charge in [-0.05, 0) is 60.2 Å². The SMILES string of the molecule is CS(=O)(=O)N(CC(=O)O)c1ccc(NC(=C2C(=O)Nc3ccc(NS(=O)(=O)c4ccccc4)cc32)c2ccccc2)cc1. The Morgan fingerprint density at radius 3 is 2.05 bits per heavy atom. The average Bonchev–Trinajstić information content (AvgIpc) is 3.30. The van der Waals surface area contributed by atoms with Gasteiger partial charge in [-0.2, -0.15) is 0 Å². The van der Waals surface area contributed by atoms with E-state index in [-0.39, 0.29) is 21.8 Å². The first-order valence-corrected chi connectivity index (χ1v) is 16.2. The second kappa shape index (κ2) is 11.6. The summed E-state index contributed by atoms with van der Waals surface area (Å²) in [6, 6.07) is 27.7. The zero-order chi connectivity index (χ0) is 30.8. The molecule has 5 rings (SSSR count). The van der Waals surface area contributed by atoms with Gasteiger partial charge in [-0.3, -0.25) is 18.6 Å². The second-order valence-corrected chi connectivity index (χ2v) is 13.2. The van der Waals surface area contributed by atoms with E-state index in [2.05, 4.69) is 15.4 Å². The molecule has 220 valence electrons. The molecule has 1 aliphatic heterocycles. The number of benzene rings is 4. The number of anilines is 4. The van der Waals surface area contributed by atoms with E-state index in [1.807, 2.05) is 6.07 Å². The van der Waals surface area contributed by atoms with Gasteiger partial charge < -0.3 is 15.7 Å². The van der Waals surface area contributed by atoms with Gasteiger partial charge in [0.1, 0.15) is 6.54 Å². The predicted octanol–water partition coefficient (Wildman–Crippen LogP) is 4.27. The molecule has 0 fully saturated rings. The average molecular weight is 619 g/mol. The molecule has 0 radical (unpaired) electrons. The first kappa shape index (κ1) is 29.4. The fraction of sp³-hybridized carbons (Fsp3) is 0.0667. The van der Waals surface area contributed by atoms with Gasteiger partial charge in [0.25, 0.3) is 15.9 Å². The summed E-state index contributed by atoms with van der Waals surface area (Å²) in [7, 11) is -7.74. The molecule has 0 bridgehead atoms. The van der Waals surface area contributed by atoms with Crippen LogP contribution < -0.4 is 19.7 Å². The summed E-state index contributed by atoms with van der Waals surface area (Å²) in [5.41, 5.74) is 3.19. The Balaban J connectivity index is 1.55. The molecule has 0 saturated heterocycles. The van der Waals surface area contributed by atoms with E-state index in [1.165, 1.54) is 24.3 Å². The van der Waals surface area contributed by atoms with Crippen LogP contribution in [0.25, 0.3) is 11.3 Å². The van der Waals surface area contributed by atoms with Crippen molar-refractivity contribution >= 4 is 65.9 Å². The quantitative estimate of drug-likeness (QED) is 0.192. The zero-order valence-electron chi connectivity index (χ0n) is 22.7. The molecule has 13 heteroatoms. The molecular formula is C30H26N4O7S2. The molecule has 0 saturated carbocycles. The maximum absolute atomic E-state index is 13.3. The number of hydrogen-bond donors (Lipinski definition) is 4. The Hall–Kier alpha value is -5.14. The number of aliphatic carboxylic acids is 1. The highest BCUT2D eigenvalue weighted by Crippen LogP contribution is 2.39. The van der Waals surface area contributed by atoms with Crippen molar-refractivity contribution in [1.29, 1.82) is 0 Å². The highest BCUT2D eigenvalue weighted by molar-refractivity contribution is 7.92. The Labute approximate surface area is 248 Å². The third-order valence-corrected chi connectivity index (χ3v) is 9.02. The van der Waals surface area contributed by atoms with Crippen molar-refractivity contribution in [3.8, 4) is 0 Å². The topological polar surface area (TPSA) is 162 Å². The number of fused-ring (bicyclic) bond motifs is 1. The lowest BCUT2D eigenvalue weighted by atomic mass is 9.99. The minimum atomic E-state index is -3.88. The molecule has 1 amide bonds. The van der Waals surface area contributed by atoms with E-state index >= 15 is 0 Å². The fourth-order valence-corrected chi connectivity index (χ4v) is 6.47. The van der Waals surface area contributed by atoms with Crippen LogP contribution in [0.4, 0.5) is 22.7 Å². The molecule has 0 atom stereocenters. The molecule has 0 aliphatic carbocycles. The molecule has 4 aromatic rings. The number of nitrogens with one attached hydrogen (secondary N) is 3. The van der Waals surface area contributed by atoms with E-state index < -0.39 is 38.5 Å². The highest BCUT2D eigenvalue weighted by atomic mass is 32.2. The van der Waals surface area contributed by atoms with Gasteiger partial charge in [0.05, 0.1) is 28.1 Å². The first-order valence-electron chi connectivity index (χ1n) is 12.8. The number of sulfonamides is 2. The zero-order valence-corrected chi connectivity index (χ0v) is 24.3. The van der Waals surface area contributed by atoms with Crippen LogP contribution in [0.3, 0.4) is 0 Å². The summed E-state index contributed by atoms with van der Waals surface area (Å²) in [5, 5.41) is 15.2. The number of nitrogens with zero attached hydrogens (tertiary/aromatic N) is 1. The summed E-state index contributed by atoms with van der Waals surface area (Å²) in [6.07, 6.45) is 0.921. The number of carboxylic acids is 1. The van der Waals surface area contributed by atoms with E-state index in [1.54, 1.807) is 72.8 Å². The fourth-order valence-electron chi connectivity index (χ4n) is 4.55. The minimum absolute atomic E-state index is 0.0911. The van der Waals surface area contributed by atoms with Crippen LogP contribution in [0.2, 0.25) is 0 Å². The van der Waals surface area contributed by atoms with E-state index in [9.17, 15) is 31.5 Å². The number of amides is 1. The number of rotatable bonds is 10. The van der Waals surface area contributed by atoms with E-state index in [4.69, 9.17) is 0 Å². The minimum Gasteiger partial charge on any atom is -0.480 e. The predicted molar refractivity (Wildman–Crippen MR) is 165 cm³/mol. The second-order valence-electron chi connectivity index (χ2n) is 9.58. The van der Waals surface area contributed by atoms with Crippen molar-refractivity contribution in [2.75, 3.05) is 32.5 Å². The molecule has 1 aliphatic rings. The normalized spacial score (nSPS) is 13.9. The summed E-state index contributed by atoms with van der Waals surface area (Å²) in [5.74, 6) is -1.72. The van der Waals surface area contributed by atoms with Gasteiger partial charge in [-0.15, -0.1) is 0 Å². The molecule has 11 nitrogen and oxygen atoms in total. The Morgan fingerprint density at radius 1 is 0.837 bits per heavy atom. The largest absolute Gasteiger partial charge is 0.480 e. The van der Waals surface area contributed by atoms with Crippen molar-refractivity contribution in [3.63, 3.8) is 0 Å². The summed E-state index contributed by atoms with van der Waals surface area (Å²) in [6.45, 7) is -0.738.